The van der Waals surface area contributed by atoms with E-state index in [1.54, 1.807) is 36.6 Å². The second-order valence-corrected chi connectivity index (χ2v) is 5.54. The number of hydrogen-bond acceptors (Lipinski definition) is 5. The van der Waals surface area contributed by atoms with Crippen LogP contribution in [0, 0.1) is 0 Å². The van der Waals surface area contributed by atoms with Crippen LogP contribution < -0.4 is 5.32 Å². The Morgan fingerprint density at radius 1 is 1.32 bits per heavy atom. The Bertz CT molecular complexity index is 827. The molecule has 0 radical (unpaired) electrons. The predicted molar refractivity (Wildman–Crippen MR) is 91.3 cm³/mol. The maximum Gasteiger partial charge on any atom is 0.254 e. The fourth-order valence-electron chi connectivity index (χ4n) is 2.58. The highest BCUT2D eigenvalue weighted by atomic mass is 16.5. The first kappa shape index (κ1) is 16.8. The molecule has 0 aliphatic heterocycles. The summed E-state index contributed by atoms with van der Waals surface area (Å²) in [5.41, 5.74) is 1.26. The lowest BCUT2D eigenvalue weighted by atomic mass is 10.1. The van der Waals surface area contributed by atoms with Crippen LogP contribution in [0.1, 0.15) is 29.1 Å². The first-order valence-corrected chi connectivity index (χ1v) is 7.97. The van der Waals surface area contributed by atoms with Crippen LogP contribution in [0.3, 0.4) is 0 Å². The van der Waals surface area contributed by atoms with Gasteiger partial charge in [0.25, 0.3) is 5.91 Å². The zero-order valence-electron chi connectivity index (χ0n) is 14.2. The van der Waals surface area contributed by atoms with Crippen molar-refractivity contribution < 1.29 is 9.53 Å². The summed E-state index contributed by atoms with van der Waals surface area (Å²) in [7, 11) is 1.64. The summed E-state index contributed by atoms with van der Waals surface area (Å²) in [5, 5.41) is 15.2. The van der Waals surface area contributed by atoms with Gasteiger partial charge in [-0.15, -0.1) is 10.2 Å². The number of carbonyl (C=O) groups is 1. The average Bonchev–Trinajstić information content (AvgIpc) is 3.31. The van der Waals surface area contributed by atoms with E-state index in [2.05, 4.69) is 20.6 Å². The van der Waals surface area contributed by atoms with Crippen LogP contribution in [0.5, 0.6) is 0 Å². The highest BCUT2D eigenvalue weighted by Gasteiger charge is 2.19. The molecule has 0 fully saturated rings. The van der Waals surface area contributed by atoms with Crippen molar-refractivity contribution in [2.75, 3.05) is 13.7 Å². The molecule has 0 saturated heterocycles. The Morgan fingerprint density at radius 3 is 2.92 bits per heavy atom. The van der Waals surface area contributed by atoms with Gasteiger partial charge in [0.15, 0.2) is 5.82 Å². The van der Waals surface area contributed by atoms with Crippen molar-refractivity contribution in [1.29, 1.82) is 0 Å². The molecule has 3 aromatic rings. The zero-order chi connectivity index (χ0) is 17.6. The maximum atomic E-state index is 12.8. The Labute approximate surface area is 145 Å². The minimum Gasteiger partial charge on any atom is -0.383 e. The molecule has 0 aliphatic rings. The van der Waals surface area contributed by atoms with Crippen molar-refractivity contribution in [2.24, 2.45) is 0 Å². The van der Waals surface area contributed by atoms with E-state index in [4.69, 9.17) is 4.74 Å². The predicted octanol–water partition coefficient (Wildman–Crippen LogP) is 1.60. The number of amides is 1. The van der Waals surface area contributed by atoms with E-state index in [0.29, 0.717) is 24.5 Å². The number of nitrogens with one attached hydrogen (secondary N) is 1. The van der Waals surface area contributed by atoms with Crippen molar-refractivity contribution in [1.82, 2.24) is 29.9 Å². The van der Waals surface area contributed by atoms with E-state index in [9.17, 15) is 4.79 Å². The third-order valence-corrected chi connectivity index (χ3v) is 3.82. The standard InChI is InChI=1S/C17H20N6O2/c1-13(16-21-18-12-22(16)10-11-25-2)20-17(24)14-6-3-4-7-15(14)23-9-5-8-19-23/h3-9,12-13H,10-11H2,1-2H3,(H,20,24)/t13-/m0/s1. The lowest BCUT2D eigenvalue weighted by Crippen LogP contribution is -2.29. The Balaban J connectivity index is 1.78. The highest BCUT2D eigenvalue weighted by Crippen LogP contribution is 2.16. The number of ether oxygens (including phenoxy) is 1. The van der Waals surface area contributed by atoms with E-state index in [1.165, 1.54) is 0 Å². The fourth-order valence-corrected chi connectivity index (χ4v) is 2.58. The number of rotatable bonds is 7. The van der Waals surface area contributed by atoms with Crippen LogP contribution in [-0.2, 0) is 11.3 Å². The first-order valence-electron chi connectivity index (χ1n) is 7.97. The molecule has 1 N–H and O–H groups in total. The van der Waals surface area contributed by atoms with Crippen LogP contribution in [0.15, 0.2) is 49.1 Å². The van der Waals surface area contributed by atoms with Crippen molar-refractivity contribution in [3.63, 3.8) is 0 Å². The summed E-state index contributed by atoms with van der Waals surface area (Å²) in [4.78, 5) is 12.8. The zero-order valence-corrected chi connectivity index (χ0v) is 14.2. The van der Waals surface area contributed by atoms with E-state index in [0.717, 1.165) is 5.69 Å². The van der Waals surface area contributed by atoms with E-state index in [-0.39, 0.29) is 11.9 Å². The van der Waals surface area contributed by atoms with Crippen molar-refractivity contribution in [3.8, 4) is 5.69 Å². The van der Waals surface area contributed by atoms with Gasteiger partial charge in [-0.05, 0) is 25.1 Å². The average molecular weight is 340 g/mol. The molecule has 0 unspecified atom stereocenters. The van der Waals surface area contributed by atoms with Crippen molar-refractivity contribution in [2.45, 2.75) is 19.5 Å². The van der Waals surface area contributed by atoms with Crippen LogP contribution >= 0.6 is 0 Å². The van der Waals surface area contributed by atoms with Crippen LogP contribution in [0.4, 0.5) is 0 Å². The summed E-state index contributed by atoms with van der Waals surface area (Å²) < 4.78 is 8.62. The summed E-state index contributed by atoms with van der Waals surface area (Å²) >= 11 is 0. The maximum absolute atomic E-state index is 12.8. The molecule has 0 saturated carbocycles. The molecule has 2 heterocycles. The van der Waals surface area contributed by atoms with Gasteiger partial charge in [-0.1, -0.05) is 12.1 Å². The smallest absolute Gasteiger partial charge is 0.254 e. The molecule has 1 amide bonds. The number of para-hydroxylation sites is 1. The van der Waals surface area contributed by atoms with Gasteiger partial charge in [0.1, 0.15) is 6.33 Å². The van der Waals surface area contributed by atoms with Gasteiger partial charge in [0, 0.05) is 26.0 Å². The van der Waals surface area contributed by atoms with Gasteiger partial charge in [0.05, 0.1) is 23.9 Å². The van der Waals surface area contributed by atoms with E-state index in [1.807, 2.05) is 35.8 Å². The molecule has 1 atom stereocenters. The van der Waals surface area contributed by atoms with Crippen LogP contribution in [-0.4, -0.2) is 44.2 Å². The Kier molecular flexibility index (Phi) is 5.20. The van der Waals surface area contributed by atoms with Gasteiger partial charge < -0.3 is 14.6 Å². The monoisotopic (exact) mass is 340 g/mol. The number of nitrogens with zero attached hydrogens (tertiary/aromatic N) is 5. The molecule has 0 bridgehead atoms. The van der Waals surface area contributed by atoms with Crippen LogP contribution in [0.2, 0.25) is 0 Å². The number of methoxy groups -OCH3 is 1. The number of carbonyl (C=O) groups excluding carboxylic acids is 1. The molecule has 0 spiro atoms. The minimum absolute atomic E-state index is 0.195. The fraction of sp³-hybridized carbons (Fsp3) is 0.294. The van der Waals surface area contributed by atoms with E-state index < -0.39 is 0 Å². The quantitative estimate of drug-likeness (QED) is 0.706. The van der Waals surface area contributed by atoms with E-state index >= 15 is 0 Å². The first-order chi connectivity index (χ1) is 12.2. The molecule has 8 heteroatoms. The molecule has 2 aromatic heterocycles. The third kappa shape index (κ3) is 3.74. The minimum atomic E-state index is -0.294. The number of hydrogen-bond donors (Lipinski definition) is 1. The Hall–Kier alpha value is -3.00. The SMILES string of the molecule is COCCn1cnnc1[C@H](C)NC(=O)c1ccccc1-n1cccn1. The van der Waals surface area contributed by atoms with Crippen molar-refractivity contribution >= 4 is 5.91 Å². The third-order valence-electron chi connectivity index (χ3n) is 3.82. The number of aromatic nitrogens is 5. The lowest BCUT2D eigenvalue weighted by Gasteiger charge is -2.16. The van der Waals surface area contributed by atoms with Gasteiger partial charge >= 0.3 is 0 Å². The lowest BCUT2D eigenvalue weighted by molar-refractivity contribution is 0.0937. The topological polar surface area (TPSA) is 86.9 Å². The summed E-state index contributed by atoms with van der Waals surface area (Å²) in [5.74, 6) is 0.488. The van der Waals surface area contributed by atoms with Gasteiger partial charge in [-0.3, -0.25) is 4.79 Å². The second-order valence-electron chi connectivity index (χ2n) is 5.54. The van der Waals surface area contributed by atoms with Crippen LogP contribution in [0.25, 0.3) is 5.69 Å². The second kappa shape index (κ2) is 7.71. The molecule has 3 rings (SSSR count). The normalized spacial score (nSPS) is 12.1. The summed E-state index contributed by atoms with van der Waals surface area (Å²) in [6.07, 6.45) is 5.11. The molecule has 8 nitrogen and oxygen atoms in total. The summed E-state index contributed by atoms with van der Waals surface area (Å²) in [6, 6.07) is 8.85. The summed E-state index contributed by atoms with van der Waals surface area (Å²) in [6.45, 7) is 3.05. The molecule has 130 valence electrons. The molecular weight excluding hydrogens is 320 g/mol. The van der Waals surface area contributed by atoms with Gasteiger partial charge in [0.2, 0.25) is 0 Å². The number of benzene rings is 1. The molecule has 0 aliphatic carbocycles. The molecule has 25 heavy (non-hydrogen) atoms. The van der Waals surface area contributed by atoms with Gasteiger partial charge in [-0.2, -0.15) is 5.10 Å². The molecular formula is C17H20N6O2. The van der Waals surface area contributed by atoms with Gasteiger partial charge in [-0.25, -0.2) is 4.68 Å². The largest absolute Gasteiger partial charge is 0.383 e. The Morgan fingerprint density at radius 2 is 2.16 bits per heavy atom. The molecule has 1 aromatic carbocycles. The highest BCUT2D eigenvalue weighted by molar-refractivity contribution is 5.97. The van der Waals surface area contributed by atoms with Crippen molar-refractivity contribution in [3.05, 3.63) is 60.4 Å².